The van der Waals surface area contributed by atoms with Gasteiger partial charge in [-0.1, -0.05) is 37.3 Å². The van der Waals surface area contributed by atoms with Crippen LogP contribution in [0.2, 0.25) is 0 Å². The molecule has 1 aromatic rings. The maximum Gasteiger partial charge on any atom is 0.223 e. The maximum atomic E-state index is 12.2. The third kappa shape index (κ3) is 3.58. The smallest absolute Gasteiger partial charge is 0.223 e. The van der Waals surface area contributed by atoms with Crippen molar-refractivity contribution >= 4 is 5.91 Å². The van der Waals surface area contributed by atoms with Gasteiger partial charge in [0.25, 0.3) is 0 Å². The molecule has 1 heterocycles. The molecule has 1 saturated heterocycles. The number of likely N-dealkylation sites (N-methyl/N-ethyl adjacent to an activating group) is 1. The molecule has 1 fully saturated rings. The molecule has 2 rings (SSSR count). The first-order chi connectivity index (χ1) is 9.59. The highest BCUT2D eigenvalue weighted by atomic mass is 16.1. The van der Waals surface area contributed by atoms with Gasteiger partial charge in [-0.3, -0.25) is 4.79 Å². The summed E-state index contributed by atoms with van der Waals surface area (Å²) in [5.74, 6) is 0.749. The Bertz CT molecular complexity index is 429. The number of amides is 1. The van der Waals surface area contributed by atoms with Crippen LogP contribution in [0.4, 0.5) is 0 Å². The highest BCUT2D eigenvalue weighted by Crippen LogP contribution is 2.19. The average molecular weight is 275 g/mol. The van der Waals surface area contributed by atoms with E-state index in [1.807, 2.05) is 39.2 Å². The first-order valence-corrected chi connectivity index (χ1v) is 7.29. The molecule has 2 N–H and O–H groups in total. The van der Waals surface area contributed by atoms with Gasteiger partial charge in [0.2, 0.25) is 5.91 Å². The minimum Gasteiger partial charge on any atom is -0.354 e. The SMILES string of the molecule is CC(C(=O)NCC(c1ccccc1)N(C)C)C1CNC1. The van der Waals surface area contributed by atoms with Crippen LogP contribution in [-0.4, -0.2) is 44.5 Å². The fourth-order valence-corrected chi connectivity index (χ4v) is 2.51. The van der Waals surface area contributed by atoms with E-state index in [2.05, 4.69) is 27.7 Å². The van der Waals surface area contributed by atoms with Crippen molar-refractivity contribution in [2.75, 3.05) is 33.7 Å². The number of carbonyl (C=O) groups excluding carboxylic acids is 1. The van der Waals surface area contributed by atoms with Crippen LogP contribution in [0.3, 0.4) is 0 Å². The van der Waals surface area contributed by atoms with E-state index in [9.17, 15) is 4.79 Å². The molecule has 4 heteroatoms. The molecule has 110 valence electrons. The summed E-state index contributed by atoms with van der Waals surface area (Å²) < 4.78 is 0. The van der Waals surface area contributed by atoms with Crippen molar-refractivity contribution < 1.29 is 4.79 Å². The van der Waals surface area contributed by atoms with E-state index in [-0.39, 0.29) is 17.9 Å². The summed E-state index contributed by atoms with van der Waals surface area (Å²) in [6.07, 6.45) is 0. The van der Waals surface area contributed by atoms with E-state index in [0.29, 0.717) is 12.5 Å². The lowest BCUT2D eigenvalue weighted by molar-refractivity contribution is -0.126. The second-order valence-corrected chi connectivity index (χ2v) is 5.84. The van der Waals surface area contributed by atoms with Gasteiger partial charge in [0, 0.05) is 12.5 Å². The Labute approximate surface area is 121 Å². The van der Waals surface area contributed by atoms with Gasteiger partial charge in [-0.2, -0.15) is 0 Å². The molecular weight excluding hydrogens is 250 g/mol. The molecule has 2 unspecified atom stereocenters. The zero-order chi connectivity index (χ0) is 14.5. The van der Waals surface area contributed by atoms with Crippen molar-refractivity contribution in [2.24, 2.45) is 11.8 Å². The number of nitrogens with one attached hydrogen (secondary N) is 2. The lowest BCUT2D eigenvalue weighted by Gasteiger charge is -2.32. The van der Waals surface area contributed by atoms with Crippen LogP contribution in [0.25, 0.3) is 0 Å². The molecule has 0 radical (unpaired) electrons. The van der Waals surface area contributed by atoms with E-state index in [4.69, 9.17) is 0 Å². The van der Waals surface area contributed by atoms with Crippen LogP contribution >= 0.6 is 0 Å². The van der Waals surface area contributed by atoms with Crippen LogP contribution in [0.15, 0.2) is 30.3 Å². The molecule has 1 aromatic carbocycles. The molecule has 1 amide bonds. The number of hydrogen-bond donors (Lipinski definition) is 2. The molecular formula is C16H25N3O. The van der Waals surface area contributed by atoms with Gasteiger partial charge in [0.15, 0.2) is 0 Å². The standard InChI is InChI=1S/C16H25N3O/c1-12(14-9-17-10-14)16(20)18-11-15(19(2)3)13-7-5-4-6-8-13/h4-8,12,14-15,17H,9-11H2,1-3H3,(H,18,20). The summed E-state index contributed by atoms with van der Waals surface area (Å²) in [5, 5.41) is 6.32. The van der Waals surface area contributed by atoms with Crippen molar-refractivity contribution in [3.05, 3.63) is 35.9 Å². The van der Waals surface area contributed by atoms with Gasteiger partial charge >= 0.3 is 0 Å². The fourth-order valence-electron chi connectivity index (χ4n) is 2.51. The number of carbonyl (C=O) groups is 1. The highest BCUT2D eigenvalue weighted by Gasteiger charge is 2.29. The van der Waals surface area contributed by atoms with Crippen molar-refractivity contribution in [2.45, 2.75) is 13.0 Å². The first-order valence-electron chi connectivity index (χ1n) is 7.29. The Balaban J connectivity index is 1.90. The average Bonchev–Trinajstić information content (AvgIpc) is 2.37. The van der Waals surface area contributed by atoms with Crippen molar-refractivity contribution in [3.63, 3.8) is 0 Å². The van der Waals surface area contributed by atoms with E-state index in [1.54, 1.807) is 0 Å². The normalized spacial score (nSPS) is 18.4. The quantitative estimate of drug-likeness (QED) is 0.821. The lowest BCUT2D eigenvalue weighted by atomic mass is 9.88. The van der Waals surface area contributed by atoms with Gasteiger partial charge in [0.1, 0.15) is 0 Å². The predicted octanol–water partition coefficient (Wildman–Crippen LogP) is 1.26. The molecule has 4 nitrogen and oxygen atoms in total. The summed E-state index contributed by atoms with van der Waals surface area (Å²) in [4.78, 5) is 14.3. The molecule has 0 spiro atoms. The van der Waals surface area contributed by atoms with Crippen LogP contribution in [0.5, 0.6) is 0 Å². The molecule has 0 aliphatic carbocycles. The summed E-state index contributed by atoms with van der Waals surface area (Å²) >= 11 is 0. The largest absolute Gasteiger partial charge is 0.354 e. The zero-order valence-corrected chi connectivity index (χ0v) is 12.6. The predicted molar refractivity (Wildman–Crippen MR) is 81.4 cm³/mol. The third-order valence-corrected chi connectivity index (χ3v) is 4.21. The van der Waals surface area contributed by atoms with Crippen LogP contribution < -0.4 is 10.6 Å². The Morgan fingerprint density at radius 2 is 2.00 bits per heavy atom. The van der Waals surface area contributed by atoms with Gasteiger partial charge in [-0.15, -0.1) is 0 Å². The summed E-state index contributed by atoms with van der Waals surface area (Å²) in [6.45, 7) is 4.60. The number of nitrogens with zero attached hydrogens (tertiary/aromatic N) is 1. The summed E-state index contributed by atoms with van der Waals surface area (Å²) in [7, 11) is 4.09. The Morgan fingerprint density at radius 3 is 2.50 bits per heavy atom. The second-order valence-electron chi connectivity index (χ2n) is 5.84. The van der Waals surface area contributed by atoms with Gasteiger partial charge < -0.3 is 15.5 Å². The maximum absolute atomic E-state index is 12.2. The minimum absolute atomic E-state index is 0.0924. The van der Waals surface area contributed by atoms with E-state index in [1.165, 1.54) is 5.56 Å². The summed E-state index contributed by atoms with van der Waals surface area (Å²) in [6, 6.07) is 10.5. The number of benzene rings is 1. The lowest BCUT2D eigenvalue weighted by Crippen LogP contribution is -2.50. The van der Waals surface area contributed by atoms with E-state index in [0.717, 1.165) is 13.1 Å². The monoisotopic (exact) mass is 275 g/mol. The van der Waals surface area contributed by atoms with Crippen LogP contribution in [0.1, 0.15) is 18.5 Å². The van der Waals surface area contributed by atoms with Gasteiger partial charge in [-0.25, -0.2) is 0 Å². The molecule has 2 atom stereocenters. The third-order valence-electron chi connectivity index (χ3n) is 4.21. The molecule has 0 bridgehead atoms. The Morgan fingerprint density at radius 1 is 1.35 bits per heavy atom. The Hall–Kier alpha value is -1.39. The topological polar surface area (TPSA) is 44.4 Å². The molecule has 1 aliphatic heterocycles. The van der Waals surface area contributed by atoms with Crippen LogP contribution in [0, 0.1) is 11.8 Å². The van der Waals surface area contributed by atoms with E-state index < -0.39 is 0 Å². The molecule has 0 aromatic heterocycles. The van der Waals surface area contributed by atoms with Crippen LogP contribution in [-0.2, 0) is 4.79 Å². The highest BCUT2D eigenvalue weighted by molar-refractivity contribution is 5.78. The van der Waals surface area contributed by atoms with E-state index >= 15 is 0 Å². The first kappa shape index (κ1) is 15.0. The van der Waals surface area contributed by atoms with Crippen molar-refractivity contribution in [1.29, 1.82) is 0 Å². The fraction of sp³-hybridized carbons (Fsp3) is 0.562. The Kier molecular flexibility index (Phi) is 5.15. The van der Waals surface area contributed by atoms with Gasteiger partial charge in [0.05, 0.1) is 6.04 Å². The molecule has 1 aliphatic rings. The van der Waals surface area contributed by atoms with Gasteiger partial charge in [-0.05, 0) is 38.7 Å². The van der Waals surface area contributed by atoms with Crippen molar-refractivity contribution in [3.8, 4) is 0 Å². The molecule has 20 heavy (non-hydrogen) atoms. The minimum atomic E-state index is 0.0924. The number of rotatable bonds is 6. The number of hydrogen-bond acceptors (Lipinski definition) is 3. The zero-order valence-electron chi connectivity index (χ0n) is 12.6. The summed E-state index contributed by atoms with van der Waals surface area (Å²) in [5.41, 5.74) is 1.23. The molecule has 0 saturated carbocycles. The van der Waals surface area contributed by atoms with Crippen molar-refractivity contribution in [1.82, 2.24) is 15.5 Å². The second kappa shape index (κ2) is 6.86.